The van der Waals surface area contributed by atoms with Crippen LogP contribution in [0.5, 0.6) is 0 Å². The van der Waals surface area contributed by atoms with E-state index >= 15 is 0 Å². The lowest BCUT2D eigenvalue weighted by molar-refractivity contribution is -0.134. The number of piperazine rings is 1. The van der Waals surface area contributed by atoms with Crippen LogP contribution >= 0.6 is 11.3 Å². The Hall–Kier alpha value is -2.02. The minimum Gasteiger partial charge on any atom is -0.339 e. The zero-order chi connectivity index (χ0) is 20.2. The second-order valence-electron chi connectivity index (χ2n) is 9.01. The lowest BCUT2D eigenvalue weighted by Gasteiger charge is -2.34. The third-order valence-corrected chi connectivity index (χ3v) is 6.81. The normalized spacial score (nSPS) is 18.0. The number of amides is 2. The van der Waals surface area contributed by atoms with Crippen LogP contribution in [-0.2, 0) is 10.2 Å². The second kappa shape index (κ2) is 6.79. The molecule has 1 saturated heterocycles. The quantitative estimate of drug-likeness (QED) is 0.776. The van der Waals surface area contributed by atoms with Crippen molar-refractivity contribution in [3.63, 3.8) is 0 Å². The molecule has 2 fully saturated rings. The minimum absolute atomic E-state index is 0.0516. The Morgan fingerprint density at radius 1 is 1.00 bits per heavy atom. The molecule has 150 valence electrons. The van der Waals surface area contributed by atoms with E-state index in [2.05, 4.69) is 20.8 Å². The zero-order valence-electron chi connectivity index (χ0n) is 17.3. The van der Waals surface area contributed by atoms with Crippen LogP contribution in [-0.4, -0.2) is 57.8 Å². The number of nitrogens with zero attached hydrogens (tertiary/aromatic N) is 4. The maximum Gasteiger partial charge on any atom is 0.264 e. The van der Waals surface area contributed by atoms with Crippen LogP contribution in [0.2, 0.25) is 0 Å². The molecule has 2 aliphatic rings. The van der Waals surface area contributed by atoms with Gasteiger partial charge in [-0.3, -0.25) is 9.59 Å². The fraction of sp³-hybridized carbons (Fsp3) is 0.619. The number of fused-ring (bicyclic) bond motifs is 1. The Morgan fingerprint density at radius 2 is 1.61 bits per heavy atom. The molecule has 1 aliphatic heterocycles. The molecule has 28 heavy (non-hydrogen) atoms. The summed E-state index contributed by atoms with van der Waals surface area (Å²) in [7, 11) is 0. The first-order valence-electron chi connectivity index (χ1n) is 10.0. The van der Waals surface area contributed by atoms with Crippen molar-refractivity contribution in [2.24, 2.45) is 5.92 Å². The molecule has 2 aromatic heterocycles. The lowest BCUT2D eigenvalue weighted by atomic mass is 9.95. The summed E-state index contributed by atoms with van der Waals surface area (Å²) >= 11 is 1.47. The summed E-state index contributed by atoms with van der Waals surface area (Å²) in [5.41, 5.74) is 1.77. The highest BCUT2D eigenvalue weighted by Crippen LogP contribution is 2.34. The summed E-state index contributed by atoms with van der Waals surface area (Å²) < 4.78 is 0. The van der Waals surface area contributed by atoms with Gasteiger partial charge >= 0.3 is 0 Å². The summed E-state index contributed by atoms with van der Waals surface area (Å²) in [5, 5.41) is 1.00. The van der Waals surface area contributed by atoms with Gasteiger partial charge in [0.15, 0.2) is 0 Å². The molecule has 0 N–H and O–H groups in total. The largest absolute Gasteiger partial charge is 0.339 e. The molecule has 0 atom stereocenters. The van der Waals surface area contributed by atoms with Crippen molar-refractivity contribution in [3.05, 3.63) is 22.0 Å². The Labute approximate surface area is 169 Å². The number of aromatic nitrogens is 2. The first kappa shape index (κ1) is 19.3. The van der Waals surface area contributed by atoms with Crippen molar-refractivity contribution in [1.82, 2.24) is 19.8 Å². The van der Waals surface area contributed by atoms with E-state index in [9.17, 15) is 9.59 Å². The standard InChI is InChI=1S/C21H28N4O2S/c1-12-15-13(2)22-20(21(3,4)5)23-17(15)28-16(12)19(27)25-10-8-24(9-11-25)18(26)14-6-7-14/h14H,6-11H2,1-5H3. The maximum atomic E-state index is 13.2. The third kappa shape index (κ3) is 3.41. The zero-order valence-corrected chi connectivity index (χ0v) is 18.2. The van der Waals surface area contributed by atoms with Crippen LogP contribution in [0.1, 0.15) is 60.4 Å². The van der Waals surface area contributed by atoms with E-state index in [1.165, 1.54) is 11.3 Å². The molecule has 4 rings (SSSR count). The number of aryl methyl sites for hydroxylation is 2. The van der Waals surface area contributed by atoms with Crippen LogP contribution in [0.4, 0.5) is 0 Å². The predicted molar refractivity (Wildman–Crippen MR) is 111 cm³/mol. The van der Waals surface area contributed by atoms with Gasteiger partial charge in [-0.05, 0) is 32.3 Å². The van der Waals surface area contributed by atoms with E-state index in [0.29, 0.717) is 26.2 Å². The Morgan fingerprint density at radius 3 is 2.18 bits per heavy atom. The van der Waals surface area contributed by atoms with Gasteiger partial charge in [0.2, 0.25) is 5.91 Å². The molecule has 0 radical (unpaired) electrons. The Bertz CT molecular complexity index is 947. The second-order valence-corrected chi connectivity index (χ2v) is 10.0. The van der Waals surface area contributed by atoms with Crippen molar-refractivity contribution in [2.75, 3.05) is 26.2 Å². The monoisotopic (exact) mass is 400 g/mol. The van der Waals surface area contributed by atoms with Gasteiger partial charge in [-0.1, -0.05) is 20.8 Å². The summed E-state index contributed by atoms with van der Waals surface area (Å²) in [4.78, 5) is 40.3. The summed E-state index contributed by atoms with van der Waals surface area (Å²) in [6, 6.07) is 0. The van der Waals surface area contributed by atoms with Gasteiger partial charge in [0.1, 0.15) is 10.7 Å². The van der Waals surface area contributed by atoms with Crippen molar-refractivity contribution >= 4 is 33.4 Å². The van der Waals surface area contributed by atoms with Gasteiger partial charge in [-0.2, -0.15) is 0 Å². The number of hydrogen-bond donors (Lipinski definition) is 0. The Balaban J connectivity index is 1.57. The number of rotatable bonds is 2. The number of carbonyl (C=O) groups is 2. The van der Waals surface area contributed by atoms with Gasteiger partial charge in [-0.25, -0.2) is 9.97 Å². The van der Waals surface area contributed by atoms with E-state index in [0.717, 1.165) is 45.0 Å². The highest BCUT2D eigenvalue weighted by molar-refractivity contribution is 7.20. The molecule has 0 bridgehead atoms. The summed E-state index contributed by atoms with van der Waals surface area (Å²) in [5.74, 6) is 1.37. The van der Waals surface area contributed by atoms with Crippen molar-refractivity contribution < 1.29 is 9.59 Å². The molecule has 1 aliphatic carbocycles. The van der Waals surface area contributed by atoms with Gasteiger partial charge in [0.05, 0.1) is 10.6 Å². The average molecular weight is 401 g/mol. The average Bonchev–Trinajstić information content (AvgIpc) is 3.43. The summed E-state index contributed by atoms with van der Waals surface area (Å²) in [6.07, 6.45) is 2.05. The number of carbonyl (C=O) groups excluding carboxylic acids is 2. The summed E-state index contributed by atoms with van der Waals surface area (Å²) in [6.45, 7) is 12.8. The first-order chi connectivity index (χ1) is 13.2. The SMILES string of the molecule is Cc1nc(C(C)(C)C)nc2sc(C(=O)N3CCN(C(=O)C4CC4)CC3)c(C)c12. The molecule has 0 unspecified atom stereocenters. The van der Waals surface area contributed by atoms with E-state index in [-0.39, 0.29) is 23.1 Å². The van der Waals surface area contributed by atoms with Gasteiger partial charge in [0.25, 0.3) is 5.91 Å². The third-order valence-electron chi connectivity index (χ3n) is 5.64. The molecular weight excluding hydrogens is 372 g/mol. The molecule has 0 aromatic carbocycles. The number of thiophene rings is 1. The Kier molecular flexibility index (Phi) is 4.68. The van der Waals surface area contributed by atoms with E-state index in [1.54, 1.807) is 0 Å². The van der Waals surface area contributed by atoms with Crippen LogP contribution < -0.4 is 0 Å². The lowest BCUT2D eigenvalue weighted by Crippen LogP contribution is -2.51. The fourth-order valence-electron chi connectivity index (χ4n) is 3.74. The molecule has 0 spiro atoms. The van der Waals surface area contributed by atoms with Gasteiger partial charge in [-0.15, -0.1) is 11.3 Å². The maximum absolute atomic E-state index is 13.2. The van der Waals surface area contributed by atoms with Crippen LogP contribution in [0.25, 0.3) is 10.2 Å². The van der Waals surface area contributed by atoms with Crippen molar-refractivity contribution in [1.29, 1.82) is 0 Å². The molecule has 7 heteroatoms. The van der Waals surface area contributed by atoms with Crippen LogP contribution in [0.15, 0.2) is 0 Å². The fourth-order valence-corrected chi connectivity index (χ4v) is 4.94. The molecule has 3 heterocycles. The highest BCUT2D eigenvalue weighted by Gasteiger charge is 2.35. The van der Waals surface area contributed by atoms with E-state index < -0.39 is 0 Å². The molecule has 6 nitrogen and oxygen atoms in total. The van der Waals surface area contributed by atoms with Gasteiger partial charge in [0, 0.05) is 42.9 Å². The number of hydrogen-bond acceptors (Lipinski definition) is 5. The van der Waals surface area contributed by atoms with Gasteiger partial charge < -0.3 is 9.80 Å². The van der Waals surface area contributed by atoms with E-state index in [4.69, 9.17) is 9.97 Å². The first-order valence-corrected chi connectivity index (χ1v) is 10.8. The molecule has 1 saturated carbocycles. The smallest absolute Gasteiger partial charge is 0.264 e. The molecule has 2 amide bonds. The topological polar surface area (TPSA) is 66.4 Å². The predicted octanol–water partition coefficient (Wildman–Crippen LogP) is 3.30. The van der Waals surface area contributed by atoms with Crippen LogP contribution in [0, 0.1) is 19.8 Å². The van der Waals surface area contributed by atoms with Crippen LogP contribution in [0.3, 0.4) is 0 Å². The highest BCUT2D eigenvalue weighted by atomic mass is 32.1. The van der Waals surface area contributed by atoms with Crippen molar-refractivity contribution in [3.8, 4) is 0 Å². The van der Waals surface area contributed by atoms with E-state index in [1.807, 2.05) is 23.6 Å². The molecular formula is C21H28N4O2S. The van der Waals surface area contributed by atoms with Crippen molar-refractivity contribution in [2.45, 2.75) is 52.9 Å². The minimum atomic E-state index is -0.133. The molecule has 2 aromatic rings.